The fourth-order valence-electron chi connectivity index (χ4n) is 2.19. The molecule has 0 unspecified atom stereocenters. The van der Waals surface area contributed by atoms with Crippen LogP contribution in [0.5, 0.6) is 0 Å². The van der Waals surface area contributed by atoms with E-state index in [1.165, 1.54) is 6.07 Å². The summed E-state index contributed by atoms with van der Waals surface area (Å²) in [6.45, 7) is 4.05. The van der Waals surface area contributed by atoms with E-state index in [0.717, 1.165) is 11.3 Å². The molecule has 3 nitrogen and oxygen atoms in total. The fraction of sp³-hybridized carbons (Fsp3) is 0.312. The highest BCUT2D eigenvalue weighted by atomic mass is 19.1. The topological polar surface area (TPSA) is 36.4 Å². The molecule has 106 valence electrons. The summed E-state index contributed by atoms with van der Waals surface area (Å²) in [6, 6.07) is 7.07. The minimum absolute atomic E-state index is 0.290. The Hall–Kier alpha value is -1.94. The van der Waals surface area contributed by atoms with Crippen LogP contribution < -0.4 is 4.90 Å². The van der Waals surface area contributed by atoms with Crippen molar-refractivity contribution in [1.82, 2.24) is 4.98 Å². The molecule has 0 saturated carbocycles. The van der Waals surface area contributed by atoms with Crippen LogP contribution in [-0.4, -0.2) is 17.1 Å². The summed E-state index contributed by atoms with van der Waals surface area (Å²) in [6.07, 6.45) is 2.78. The highest BCUT2D eigenvalue weighted by Crippen LogP contribution is 2.29. The number of hydrogen-bond donors (Lipinski definition) is 1. The van der Waals surface area contributed by atoms with Gasteiger partial charge in [0.1, 0.15) is 5.82 Å². The van der Waals surface area contributed by atoms with Crippen LogP contribution in [0.1, 0.15) is 29.7 Å². The van der Waals surface area contributed by atoms with Crippen molar-refractivity contribution in [2.24, 2.45) is 0 Å². The van der Waals surface area contributed by atoms with Crippen molar-refractivity contribution in [3.63, 3.8) is 0 Å². The van der Waals surface area contributed by atoms with E-state index in [9.17, 15) is 9.50 Å². The maximum absolute atomic E-state index is 13.7. The summed E-state index contributed by atoms with van der Waals surface area (Å²) < 4.78 is 13.7. The van der Waals surface area contributed by atoms with E-state index in [1.54, 1.807) is 32.3 Å². The van der Waals surface area contributed by atoms with Crippen molar-refractivity contribution in [2.45, 2.75) is 26.5 Å². The summed E-state index contributed by atoms with van der Waals surface area (Å²) in [5.41, 5.74) is 3.13. The first-order chi connectivity index (χ1) is 9.49. The van der Waals surface area contributed by atoms with Crippen molar-refractivity contribution in [1.29, 1.82) is 0 Å². The molecule has 1 aromatic carbocycles. The Morgan fingerprint density at radius 3 is 2.55 bits per heavy atom. The van der Waals surface area contributed by atoms with Crippen molar-refractivity contribution in [2.75, 3.05) is 11.9 Å². The number of nitrogens with zero attached hydrogens (tertiary/aromatic N) is 2. The van der Waals surface area contributed by atoms with Crippen LogP contribution in [0.4, 0.5) is 10.1 Å². The number of aryl methyl sites for hydroxylation is 1. The molecular formula is C16H19FN2O. The first kappa shape index (κ1) is 14.5. The molecule has 0 saturated heterocycles. The second-order valence-corrected chi connectivity index (χ2v) is 5.05. The van der Waals surface area contributed by atoms with Crippen molar-refractivity contribution >= 4 is 5.69 Å². The molecule has 0 bridgehead atoms. The van der Waals surface area contributed by atoms with Crippen molar-refractivity contribution < 1.29 is 9.50 Å². The molecule has 1 aromatic heterocycles. The normalized spacial score (nSPS) is 12.2. The summed E-state index contributed by atoms with van der Waals surface area (Å²) in [5, 5.41) is 9.83. The zero-order chi connectivity index (χ0) is 14.7. The van der Waals surface area contributed by atoms with Crippen LogP contribution in [0.15, 0.2) is 36.7 Å². The van der Waals surface area contributed by atoms with E-state index in [0.29, 0.717) is 17.7 Å². The second-order valence-electron chi connectivity index (χ2n) is 5.05. The Labute approximate surface area is 118 Å². The molecule has 2 aromatic rings. The van der Waals surface area contributed by atoms with Crippen LogP contribution in [0.2, 0.25) is 0 Å². The number of aliphatic hydroxyl groups is 1. The summed E-state index contributed by atoms with van der Waals surface area (Å²) in [4.78, 5) is 5.99. The summed E-state index contributed by atoms with van der Waals surface area (Å²) in [7, 11) is 1.93. The average Bonchev–Trinajstić information content (AvgIpc) is 2.42. The predicted molar refractivity (Wildman–Crippen MR) is 78.1 cm³/mol. The quantitative estimate of drug-likeness (QED) is 0.930. The van der Waals surface area contributed by atoms with Gasteiger partial charge in [0.25, 0.3) is 0 Å². The first-order valence-corrected chi connectivity index (χ1v) is 6.57. The second kappa shape index (κ2) is 6.01. The lowest BCUT2D eigenvalue weighted by Crippen LogP contribution is -2.19. The molecule has 4 heteroatoms. The number of aliphatic hydroxyl groups excluding tert-OH is 1. The number of aromatic nitrogens is 1. The van der Waals surface area contributed by atoms with Crippen LogP contribution in [-0.2, 0) is 6.54 Å². The van der Waals surface area contributed by atoms with E-state index < -0.39 is 6.10 Å². The molecule has 0 radical (unpaired) electrons. The van der Waals surface area contributed by atoms with E-state index >= 15 is 0 Å². The van der Waals surface area contributed by atoms with Crippen LogP contribution in [0, 0.1) is 12.7 Å². The lowest BCUT2D eigenvalue weighted by molar-refractivity contribution is 0.199. The number of pyridine rings is 1. The fourth-order valence-corrected chi connectivity index (χ4v) is 2.19. The molecule has 1 heterocycles. The minimum Gasteiger partial charge on any atom is -0.389 e. The van der Waals surface area contributed by atoms with Gasteiger partial charge in [-0.25, -0.2) is 4.39 Å². The summed E-state index contributed by atoms with van der Waals surface area (Å²) >= 11 is 0. The van der Waals surface area contributed by atoms with E-state index in [1.807, 2.05) is 24.1 Å². The number of halogens is 1. The molecule has 0 aliphatic heterocycles. The van der Waals surface area contributed by atoms with Gasteiger partial charge >= 0.3 is 0 Å². The molecule has 0 fully saturated rings. The van der Waals surface area contributed by atoms with Crippen LogP contribution in [0.25, 0.3) is 0 Å². The minimum atomic E-state index is -0.708. The molecule has 20 heavy (non-hydrogen) atoms. The molecule has 1 atom stereocenters. The van der Waals surface area contributed by atoms with Gasteiger partial charge in [0.15, 0.2) is 0 Å². The number of benzene rings is 1. The molecule has 0 amide bonds. The molecule has 2 rings (SSSR count). The third-order valence-electron chi connectivity index (χ3n) is 3.34. The van der Waals surface area contributed by atoms with Crippen molar-refractivity contribution in [3.05, 3.63) is 59.2 Å². The Balaban J connectivity index is 2.33. The van der Waals surface area contributed by atoms with Gasteiger partial charge in [0, 0.05) is 37.2 Å². The van der Waals surface area contributed by atoms with Gasteiger partial charge in [0.05, 0.1) is 6.10 Å². The zero-order valence-corrected chi connectivity index (χ0v) is 12.0. The van der Waals surface area contributed by atoms with Crippen molar-refractivity contribution in [3.8, 4) is 0 Å². The molecule has 0 aliphatic carbocycles. The SMILES string of the molecule is Cc1cc(N(C)Cc2ccncc2)c([C@@H](C)O)cc1F. The first-order valence-electron chi connectivity index (χ1n) is 6.57. The molecule has 0 aliphatic rings. The molecular weight excluding hydrogens is 255 g/mol. The number of rotatable bonds is 4. The Bertz CT molecular complexity index is 585. The highest BCUT2D eigenvalue weighted by Gasteiger charge is 2.15. The van der Waals surface area contributed by atoms with Gasteiger partial charge in [-0.05, 0) is 49.2 Å². The number of anilines is 1. The molecule has 1 N–H and O–H groups in total. The summed E-state index contributed by atoms with van der Waals surface area (Å²) in [5.74, 6) is -0.290. The monoisotopic (exact) mass is 274 g/mol. The maximum atomic E-state index is 13.7. The third kappa shape index (κ3) is 3.14. The van der Waals surface area contributed by atoms with Crippen LogP contribution >= 0.6 is 0 Å². The van der Waals surface area contributed by atoms with Gasteiger partial charge < -0.3 is 10.0 Å². The van der Waals surface area contributed by atoms with Gasteiger partial charge in [-0.15, -0.1) is 0 Å². The average molecular weight is 274 g/mol. The Kier molecular flexibility index (Phi) is 4.35. The number of hydrogen-bond acceptors (Lipinski definition) is 3. The third-order valence-corrected chi connectivity index (χ3v) is 3.34. The lowest BCUT2D eigenvalue weighted by Gasteiger charge is -2.24. The van der Waals surface area contributed by atoms with Crippen LogP contribution in [0.3, 0.4) is 0 Å². The van der Waals surface area contributed by atoms with Gasteiger partial charge in [-0.2, -0.15) is 0 Å². The van der Waals surface area contributed by atoms with E-state index in [-0.39, 0.29) is 5.82 Å². The zero-order valence-electron chi connectivity index (χ0n) is 12.0. The highest BCUT2D eigenvalue weighted by molar-refractivity contribution is 5.56. The van der Waals surface area contributed by atoms with Gasteiger partial charge in [-0.1, -0.05) is 0 Å². The standard InChI is InChI=1S/C16H19FN2O/c1-11-8-16(14(12(2)20)9-15(11)17)19(3)10-13-4-6-18-7-5-13/h4-9,12,20H,10H2,1-3H3/t12-/m1/s1. The van der Waals surface area contributed by atoms with Gasteiger partial charge in [-0.3, -0.25) is 4.98 Å². The van der Waals surface area contributed by atoms with E-state index in [4.69, 9.17) is 0 Å². The Morgan fingerprint density at radius 2 is 1.95 bits per heavy atom. The smallest absolute Gasteiger partial charge is 0.126 e. The predicted octanol–water partition coefficient (Wildman–Crippen LogP) is 3.22. The maximum Gasteiger partial charge on any atom is 0.126 e. The van der Waals surface area contributed by atoms with Gasteiger partial charge in [0.2, 0.25) is 0 Å². The molecule has 0 spiro atoms. The largest absolute Gasteiger partial charge is 0.389 e. The Morgan fingerprint density at radius 1 is 1.30 bits per heavy atom. The van der Waals surface area contributed by atoms with E-state index in [2.05, 4.69) is 4.98 Å². The lowest BCUT2D eigenvalue weighted by atomic mass is 10.0.